The van der Waals surface area contributed by atoms with Crippen LogP contribution in [0.5, 0.6) is 0 Å². The molecule has 4 rings (SSSR count). The Morgan fingerprint density at radius 3 is 1.69 bits per heavy atom. The first-order valence-electron chi connectivity index (χ1n) is 10.4. The van der Waals surface area contributed by atoms with Crippen LogP contribution in [0.15, 0.2) is 103 Å². The summed E-state index contributed by atoms with van der Waals surface area (Å²) in [6, 6.07) is 32.5. The van der Waals surface area contributed by atoms with E-state index in [-0.39, 0.29) is 5.54 Å². The summed E-state index contributed by atoms with van der Waals surface area (Å²) < 4.78 is 2.42. The molecule has 0 N–H and O–H groups in total. The molecule has 2 nitrogen and oxygen atoms in total. The average molecular weight is 381 g/mol. The van der Waals surface area contributed by atoms with Gasteiger partial charge in [-0.05, 0) is 16.7 Å². The summed E-state index contributed by atoms with van der Waals surface area (Å²) in [5, 5.41) is 0. The van der Waals surface area contributed by atoms with Gasteiger partial charge in [-0.25, -0.2) is 4.98 Å². The van der Waals surface area contributed by atoms with Gasteiger partial charge in [0.25, 0.3) is 0 Å². The van der Waals surface area contributed by atoms with E-state index < -0.39 is 0 Å². The van der Waals surface area contributed by atoms with Crippen LogP contribution in [-0.2, 0) is 18.4 Å². The van der Waals surface area contributed by atoms with Crippen LogP contribution in [0, 0.1) is 0 Å². The maximum absolute atomic E-state index is 4.75. The van der Waals surface area contributed by atoms with Gasteiger partial charge in [-0.3, -0.25) is 0 Å². The molecule has 1 aromatic heterocycles. The van der Waals surface area contributed by atoms with E-state index in [1.165, 1.54) is 16.7 Å². The second-order valence-corrected chi connectivity index (χ2v) is 8.03. The normalized spacial score (nSPS) is 11.7. The lowest BCUT2D eigenvalue weighted by Crippen LogP contribution is -2.40. The Morgan fingerprint density at radius 1 is 0.724 bits per heavy atom. The fraction of sp³-hybridized carbons (Fsp3) is 0.222. The Morgan fingerprint density at radius 2 is 1.21 bits per heavy atom. The minimum Gasteiger partial charge on any atom is -0.324 e. The quantitative estimate of drug-likeness (QED) is 0.371. The molecule has 0 saturated carbocycles. The highest BCUT2D eigenvalue weighted by Gasteiger charge is 2.36. The maximum atomic E-state index is 4.75. The summed E-state index contributed by atoms with van der Waals surface area (Å²) in [7, 11) is 0. The van der Waals surface area contributed by atoms with E-state index in [0.717, 1.165) is 18.7 Å². The molecule has 0 aliphatic carbocycles. The Kier molecular flexibility index (Phi) is 5.62. The molecule has 0 amide bonds. The SMILES string of the molecule is CC(C)c1nccn1C(Cc1ccccc1)(Cc1ccccc1)c1ccccc1. The molecule has 0 saturated heterocycles. The first-order valence-corrected chi connectivity index (χ1v) is 10.4. The van der Waals surface area contributed by atoms with Crippen LogP contribution in [0.4, 0.5) is 0 Å². The summed E-state index contributed by atoms with van der Waals surface area (Å²) in [4.78, 5) is 4.75. The van der Waals surface area contributed by atoms with Gasteiger partial charge in [0.15, 0.2) is 0 Å². The molecule has 0 bridgehead atoms. The van der Waals surface area contributed by atoms with Gasteiger partial charge in [0, 0.05) is 31.2 Å². The predicted octanol–water partition coefficient (Wildman–Crippen LogP) is 6.24. The van der Waals surface area contributed by atoms with Crippen molar-refractivity contribution in [1.82, 2.24) is 9.55 Å². The maximum Gasteiger partial charge on any atom is 0.112 e. The first kappa shape index (κ1) is 19.2. The van der Waals surface area contributed by atoms with Crippen molar-refractivity contribution in [2.24, 2.45) is 0 Å². The average Bonchev–Trinajstić information content (AvgIpc) is 3.26. The summed E-state index contributed by atoms with van der Waals surface area (Å²) in [5.74, 6) is 1.47. The van der Waals surface area contributed by atoms with Gasteiger partial charge in [0.05, 0.1) is 5.54 Å². The lowest BCUT2D eigenvalue weighted by atomic mass is 9.78. The van der Waals surface area contributed by atoms with Gasteiger partial charge < -0.3 is 4.57 Å². The molecule has 0 radical (unpaired) electrons. The molecule has 1 heterocycles. The van der Waals surface area contributed by atoms with E-state index in [9.17, 15) is 0 Å². The molecule has 0 spiro atoms. The highest BCUT2D eigenvalue weighted by molar-refractivity contribution is 5.34. The molecule has 0 fully saturated rings. The van der Waals surface area contributed by atoms with Crippen LogP contribution in [0.1, 0.15) is 42.3 Å². The van der Waals surface area contributed by atoms with Crippen LogP contribution in [-0.4, -0.2) is 9.55 Å². The van der Waals surface area contributed by atoms with Crippen molar-refractivity contribution in [1.29, 1.82) is 0 Å². The Labute approximate surface area is 173 Å². The molecule has 146 valence electrons. The third-order valence-corrected chi connectivity index (χ3v) is 5.64. The van der Waals surface area contributed by atoms with E-state index >= 15 is 0 Å². The van der Waals surface area contributed by atoms with Crippen LogP contribution < -0.4 is 0 Å². The van der Waals surface area contributed by atoms with Crippen molar-refractivity contribution < 1.29 is 0 Å². The zero-order chi connectivity index (χ0) is 20.1. The number of rotatable bonds is 7. The van der Waals surface area contributed by atoms with Crippen molar-refractivity contribution >= 4 is 0 Å². The fourth-order valence-electron chi connectivity index (χ4n) is 4.30. The minimum absolute atomic E-state index is 0.250. The van der Waals surface area contributed by atoms with E-state index in [1.54, 1.807) is 0 Å². The number of aromatic nitrogens is 2. The van der Waals surface area contributed by atoms with Gasteiger partial charge in [0.1, 0.15) is 5.82 Å². The highest BCUT2D eigenvalue weighted by atomic mass is 15.1. The standard InChI is InChI=1S/C27H28N2/c1-22(2)26-28-18-19-29(26)27(25-16-10-5-11-17-25,20-23-12-6-3-7-13-23)21-24-14-8-4-9-15-24/h3-19,22H,20-21H2,1-2H3. The van der Waals surface area contributed by atoms with Crippen LogP contribution in [0.25, 0.3) is 0 Å². The summed E-state index contributed by atoms with van der Waals surface area (Å²) in [6.07, 6.45) is 5.92. The summed E-state index contributed by atoms with van der Waals surface area (Å²) in [6.45, 7) is 4.44. The van der Waals surface area contributed by atoms with Crippen molar-refractivity contribution in [3.8, 4) is 0 Å². The van der Waals surface area contributed by atoms with Crippen LogP contribution in [0.2, 0.25) is 0 Å². The van der Waals surface area contributed by atoms with Crippen molar-refractivity contribution in [3.63, 3.8) is 0 Å². The minimum atomic E-state index is -0.250. The molecular weight excluding hydrogens is 352 g/mol. The molecule has 0 aliphatic rings. The van der Waals surface area contributed by atoms with E-state index in [0.29, 0.717) is 5.92 Å². The van der Waals surface area contributed by atoms with E-state index in [4.69, 9.17) is 4.98 Å². The molecule has 4 aromatic rings. The molecule has 29 heavy (non-hydrogen) atoms. The number of imidazole rings is 1. The largest absolute Gasteiger partial charge is 0.324 e. The highest BCUT2D eigenvalue weighted by Crippen LogP contribution is 2.36. The number of nitrogens with zero attached hydrogens (tertiary/aromatic N) is 2. The zero-order valence-corrected chi connectivity index (χ0v) is 17.2. The summed E-state index contributed by atoms with van der Waals surface area (Å²) in [5.41, 5.74) is 3.72. The number of benzene rings is 3. The lowest BCUT2D eigenvalue weighted by Gasteiger charge is -2.38. The number of hydrogen-bond donors (Lipinski definition) is 0. The topological polar surface area (TPSA) is 17.8 Å². The Bertz CT molecular complexity index is 976. The zero-order valence-electron chi connectivity index (χ0n) is 17.2. The third-order valence-electron chi connectivity index (χ3n) is 5.64. The van der Waals surface area contributed by atoms with Crippen molar-refractivity contribution in [2.75, 3.05) is 0 Å². The van der Waals surface area contributed by atoms with Crippen molar-refractivity contribution in [3.05, 3.63) is 126 Å². The van der Waals surface area contributed by atoms with Crippen LogP contribution >= 0.6 is 0 Å². The Balaban J connectivity index is 1.95. The monoisotopic (exact) mass is 380 g/mol. The second-order valence-electron chi connectivity index (χ2n) is 8.03. The predicted molar refractivity (Wildman–Crippen MR) is 120 cm³/mol. The third kappa shape index (κ3) is 4.02. The fourth-order valence-corrected chi connectivity index (χ4v) is 4.30. The molecular formula is C27H28N2. The summed E-state index contributed by atoms with van der Waals surface area (Å²) >= 11 is 0. The lowest BCUT2D eigenvalue weighted by molar-refractivity contribution is 0.332. The Hall–Kier alpha value is -3.13. The molecule has 2 heteroatoms. The molecule has 3 aromatic carbocycles. The smallest absolute Gasteiger partial charge is 0.112 e. The van der Waals surface area contributed by atoms with Gasteiger partial charge >= 0.3 is 0 Å². The number of hydrogen-bond acceptors (Lipinski definition) is 1. The molecule has 0 atom stereocenters. The second kappa shape index (κ2) is 8.48. The van der Waals surface area contributed by atoms with Crippen LogP contribution in [0.3, 0.4) is 0 Å². The van der Waals surface area contributed by atoms with Gasteiger partial charge in [-0.2, -0.15) is 0 Å². The molecule has 0 unspecified atom stereocenters. The van der Waals surface area contributed by atoms with Gasteiger partial charge in [0.2, 0.25) is 0 Å². The van der Waals surface area contributed by atoms with Gasteiger partial charge in [-0.1, -0.05) is 105 Å². The van der Waals surface area contributed by atoms with Crippen molar-refractivity contribution in [2.45, 2.75) is 38.1 Å². The molecule has 0 aliphatic heterocycles. The first-order chi connectivity index (χ1) is 14.2. The van der Waals surface area contributed by atoms with E-state index in [2.05, 4.69) is 116 Å². The van der Waals surface area contributed by atoms with Gasteiger partial charge in [-0.15, -0.1) is 0 Å². The van der Waals surface area contributed by atoms with E-state index in [1.807, 2.05) is 6.20 Å².